The minimum atomic E-state index is -0.631. The van der Waals surface area contributed by atoms with Crippen LogP contribution in [0.25, 0.3) is 0 Å². The van der Waals surface area contributed by atoms with Crippen molar-refractivity contribution in [1.82, 2.24) is 9.62 Å². The van der Waals surface area contributed by atoms with Gasteiger partial charge in [-0.3, -0.25) is 19.2 Å². The quantitative estimate of drug-likeness (QED) is 0.330. The van der Waals surface area contributed by atoms with E-state index < -0.39 is 35.1 Å². The molecule has 2 aromatic carbocycles. The average molecular weight is 477 g/mol. The lowest BCUT2D eigenvalue weighted by Gasteiger charge is -2.23. The van der Waals surface area contributed by atoms with E-state index in [1.165, 1.54) is 0 Å². The number of hydrogen-bond donors (Lipinski definition) is 1. The van der Waals surface area contributed by atoms with Crippen molar-refractivity contribution in [3.05, 3.63) is 70.8 Å². The molecule has 1 atom stereocenters. The zero-order valence-corrected chi connectivity index (χ0v) is 19.5. The largest absolute Gasteiger partial charge is 0.443 e. The van der Waals surface area contributed by atoms with Crippen molar-refractivity contribution in [2.24, 2.45) is 5.92 Å². The molecule has 0 saturated carbocycles. The molecule has 176 valence electrons. The van der Waals surface area contributed by atoms with Crippen LogP contribution in [0, 0.1) is 17.6 Å². The highest BCUT2D eigenvalue weighted by atomic mass is 32.2. The highest BCUT2D eigenvalue weighted by Crippen LogP contribution is 2.26. The van der Waals surface area contributed by atoms with Gasteiger partial charge in [0.1, 0.15) is 17.2 Å². The number of hydrogen-bond acceptors (Lipinski definition) is 5. The van der Waals surface area contributed by atoms with Gasteiger partial charge in [0.25, 0.3) is 11.8 Å². The molecule has 0 aliphatic carbocycles. The van der Waals surface area contributed by atoms with Gasteiger partial charge in [-0.05, 0) is 87.4 Å². The van der Waals surface area contributed by atoms with Gasteiger partial charge in [-0.15, -0.1) is 0 Å². The summed E-state index contributed by atoms with van der Waals surface area (Å²) in [7, 11) is 0. The van der Waals surface area contributed by atoms with Crippen LogP contribution in [0.5, 0.6) is 0 Å². The fourth-order valence-corrected chi connectivity index (χ4v) is 4.28. The van der Waals surface area contributed by atoms with E-state index in [0.717, 1.165) is 35.0 Å². The lowest BCUT2D eigenvalue weighted by atomic mass is 9.95. The highest BCUT2D eigenvalue weighted by Gasteiger charge is 2.36. The molecule has 0 bridgehead atoms. The first kappa shape index (κ1) is 24.7. The molecule has 9 heteroatoms. The number of nitrogens with zero attached hydrogens (tertiary/aromatic N) is 1. The van der Waals surface area contributed by atoms with E-state index in [2.05, 4.69) is 4.72 Å². The molecule has 1 unspecified atom stereocenters. The maximum Gasteiger partial charge on any atom is 0.417 e. The second kappa shape index (κ2) is 10.3. The Hall–Kier alpha value is -2.94. The average Bonchev–Trinajstić information content (AvgIpc) is 2.97. The van der Waals surface area contributed by atoms with E-state index in [-0.39, 0.29) is 24.4 Å². The molecule has 1 N–H and O–H groups in total. The lowest BCUT2D eigenvalue weighted by molar-refractivity contribution is 0.0572. The molecule has 1 heterocycles. The minimum Gasteiger partial charge on any atom is -0.443 e. The molecule has 0 fully saturated rings. The van der Waals surface area contributed by atoms with Crippen molar-refractivity contribution in [3.8, 4) is 0 Å². The molecule has 3 rings (SSSR count). The third-order valence-corrected chi connectivity index (χ3v) is 5.77. The third kappa shape index (κ3) is 6.54. The number of amides is 3. The van der Waals surface area contributed by atoms with Gasteiger partial charge in [0.15, 0.2) is 0 Å². The van der Waals surface area contributed by atoms with E-state index in [0.29, 0.717) is 23.3 Å². The van der Waals surface area contributed by atoms with Crippen molar-refractivity contribution >= 4 is 29.9 Å². The fourth-order valence-electron chi connectivity index (χ4n) is 3.57. The minimum absolute atomic E-state index is 0.0509. The standard InChI is InChI=1S/C24H26F2N2O4S/c1-24(2,3)32-23(31)27-33-11-10-15(12-16-13-17(25)8-9-20(16)26)14-28-21(29)18-6-4-5-7-19(18)22(28)30/h4-9,13,15H,10-12,14H2,1-3H3,(H,27,31). The van der Waals surface area contributed by atoms with Crippen LogP contribution in [0.4, 0.5) is 13.6 Å². The van der Waals surface area contributed by atoms with Gasteiger partial charge in [-0.2, -0.15) is 0 Å². The Labute approximate surface area is 195 Å². The van der Waals surface area contributed by atoms with Gasteiger partial charge in [0.2, 0.25) is 0 Å². The van der Waals surface area contributed by atoms with Crippen molar-refractivity contribution < 1.29 is 27.9 Å². The third-order valence-electron chi connectivity index (χ3n) is 5.02. The molecule has 1 aliphatic rings. The molecular formula is C24H26F2N2O4S. The molecule has 2 aromatic rings. The van der Waals surface area contributed by atoms with Crippen molar-refractivity contribution in [1.29, 1.82) is 0 Å². The number of imide groups is 1. The van der Waals surface area contributed by atoms with Gasteiger partial charge in [-0.25, -0.2) is 13.6 Å². The number of benzene rings is 2. The zero-order valence-electron chi connectivity index (χ0n) is 18.7. The van der Waals surface area contributed by atoms with Crippen molar-refractivity contribution in [2.45, 2.75) is 39.2 Å². The van der Waals surface area contributed by atoms with Crippen LogP contribution >= 0.6 is 11.9 Å². The van der Waals surface area contributed by atoms with Crippen LogP contribution in [-0.2, 0) is 11.2 Å². The summed E-state index contributed by atoms with van der Waals surface area (Å²) in [6, 6.07) is 9.78. The number of halogens is 2. The number of rotatable bonds is 8. The normalized spacial score (nSPS) is 14.3. The van der Waals surface area contributed by atoms with Crippen LogP contribution < -0.4 is 4.72 Å². The predicted molar refractivity (Wildman–Crippen MR) is 122 cm³/mol. The first-order valence-corrected chi connectivity index (χ1v) is 11.5. The molecule has 6 nitrogen and oxygen atoms in total. The SMILES string of the molecule is CC(C)(C)OC(=O)NSCCC(Cc1cc(F)ccc1F)CN1C(=O)c2ccccc2C1=O. The van der Waals surface area contributed by atoms with E-state index in [4.69, 9.17) is 4.74 Å². The number of nitrogens with one attached hydrogen (secondary N) is 1. The summed E-state index contributed by atoms with van der Waals surface area (Å²) in [5.41, 5.74) is 0.202. The molecule has 0 spiro atoms. The monoisotopic (exact) mass is 476 g/mol. The Morgan fingerprint density at radius 2 is 1.73 bits per heavy atom. The zero-order chi connectivity index (χ0) is 24.2. The number of fused-ring (bicyclic) bond motifs is 1. The first-order chi connectivity index (χ1) is 15.5. The summed E-state index contributed by atoms with van der Waals surface area (Å²) in [6.07, 6.45) is -0.0195. The maximum absolute atomic E-state index is 14.3. The molecule has 3 amide bonds. The van der Waals surface area contributed by atoms with Crippen LogP contribution in [-0.4, -0.2) is 40.7 Å². The molecule has 0 radical (unpaired) electrons. The number of carbonyl (C=O) groups is 3. The summed E-state index contributed by atoms with van der Waals surface area (Å²) >= 11 is 1.11. The van der Waals surface area contributed by atoms with E-state index >= 15 is 0 Å². The molecule has 0 saturated heterocycles. The topological polar surface area (TPSA) is 75.7 Å². The van der Waals surface area contributed by atoms with E-state index in [9.17, 15) is 23.2 Å². The van der Waals surface area contributed by atoms with Crippen molar-refractivity contribution in [2.75, 3.05) is 12.3 Å². The molecule has 33 heavy (non-hydrogen) atoms. The van der Waals surface area contributed by atoms with Gasteiger partial charge in [0, 0.05) is 12.3 Å². The van der Waals surface area contributed by atoms with Crippen LogP contribution in [0.2, 0.25) is 0 Å². The lowest BCUT2D eigenvalue weighted by Crippen LogP contribution is -2.35. The Balaban J connectivity index is 1.68. The summed E-state index contributed by atoms with van der Waals surface area (Å²) in [6.45, 7) is 5.31. The van der Waals surface area contributed by atoms with Gasteiger partial charge >= 0.3 is 6.09 Å². The molecular weight excluding hydrogens is 450 g/mol. The summed E-state index contributed by atoms with van der Waals surface area (Å²) < 4.78 is 35.7. The van der Waals surface area contributed by atoms with E-state index in [1.54, 1.807) is 45.0 Å². The van der Waals surface area contributed by atoms with Gasteiger partial charge < -0.3 is 4.74 Å². The number of ether oxygens (including phenoxy) is 1. The van der Waals surface area contributed by atoms with Gasteiger partial charge in [0.05, 0.1) is 11.1 Å². The predicted octanol–water partition coefficient (Wildman–Crippen LogP) is 4.98. The van der Waals surface area contributed by atoms with Crippen LogP contribution in [0.1, 0.15) is 53.5 Å². The van der Waals surface area contributed by atoms with Crippen LogP contribution in [0.3, 0.4) is 0 Å². The van der Waals surface area contributed by atoms with Gasteiger partial charge in [-0.1, -0.05) is 12.1 Å². The van der Waals surface area contributed by atoms with Crippen LogP contribution in [0.15, 0.2) is 42.5 Å². The smallest absolute Gasteiger partial charge is 0.417 e. The van der Waals surface area contributed by atoms with E-state index in [1.807, 2.05) is 0 Å². The Morgan fingerprint density at radius 1 is 1.09 bits per heavy atom. The Bertz CT molecular complexity index is 1020. The maximum atomic E-state index is 14.3. The fraction of sp³-hybridized carbons (Fsp3) is 0.375. The highest BCUT2D eigenvalue weighted by molar-refractivity contribution is 7.97. The second-order valence-electron chi connectivity index (χ2n) is 8.81. The Morgan fingerprint density at radius 3 is 2.33 bits per heavy atom. The first-order valence-electron chi connectivity index (χ1n) is 10.5. The summed E-state index contributed by atoms with van der Waals surface area (Å²) in [5, 5.41) is 0. The molecule has 1 aliphatic heterocycles. The number of carbonyl (C=O) groups excluding carboxylic acids is 3. The van der Waals surface area contributed by atoms with Crippen molar-refractivity contribution in [3.63, 3.8) is 0 Å². The second-order valence-corrected chi connectivity index (χ2v) is 9.71. The molecule has 0 aromatic heterocycles. The summed E-state index contributed by atoms with van der Waals surface area (Å²) in [4.78, 5) is 38.5. The Kier molecular flexibility index (Phi) is 7.73. The summed E-state index contributed by atoms with van der Waals surface area (Å²) in [5.74, 6) is -1.85.